The number of aromatic amines is 1. The number of alkyl carbamates (subject to hydrolysis) is 2. The number of H-pyrrole nitrogens is 1. The van der Waals surface area contributed by atoms with Crippen LogP contribution in [0, 0.1) is 10.8 Å². The lowest BCUT2D eigenvalue weighted by Crippen LogP contribution is -2.57. The van der Waals surface area contributed by atoms with Gasteiger partial charge in [-0.05, 0) is 105 Å². The second kappa shape index (κ2) is 20.9. The lowest BCUT2D eigenvalue weighted by Gasteiger charge is -2.36. The molecule has 18 heteroatoms. The van der Waals surface area contributed by atoms with Crippen molar-refractivity contribution in [2.45, 2.75) is 163 Å². The minimum absolute atomic E-state index is 0.114. The average molecular weight is 1060 g/mol. The van der Waals surface area contributed by atoms with Crippen LogP contribution < -0.4 is 20.1 Å². The molecule has 9 rings (SSSR count). The molecule has 1 aromatic heterocycles. The number of rotatable bonds is 10. The van der Waals surface area contributed by atoms with Gasteiger partial charge in [-0.1, -0.05) is 96.1 Å². The highest BCUT2D eigenvalue weighted by Crippen LogP contribution is 2.42. The molecule has 5 amide bonds. The molecule has 2 saturated heterocycles. The van der Waals surface area contributed by atoms with E-state index in [9.17, 15) is 24.0 Å². The van der Waals surface area contributed by atoms with E-state index in [4.69, 9.17) is 33.7 Å². The Hall–Kier alpha value is -7.37. The number of carbonyl (C=O) groups is 5. The number of nitrogens with zero attached hydrogens (tertiary/aromatic N) is 5. The van der Waals surface area contributed by atoms with E-state index in [0.717, 1.165) is 63.2 Å². The smallest absolute Gasteiger partial charge is 0.410 e. The van der Waals surface area contributed by atoms with Crippen molar-refractivity contribution in [1.82, 2.24) is 35.3 Å². The summed E-state index contributed by atoms with van der Waals surface area (Å²) in [7, 11) is 0. The van der Waals surface area contributed by atoms with Gasteiger partial charge in [0.2, 0.25) is 18.6 Å². The van der Waals surface area contributed by atoms with Gasteiger partial charge in [0.05, 0.1) is 37.1 Å². The van der Waals surface area contributed by atoms with Crippen LogP contribution in [0.2, 0.25) is 0 Å². The van der Waals surface area contributed by atoms with E-state index in [2.05, 4.69) is 52.0 Å². The van der Waals surface area contributed by atoms with Gasteiger partial charge in [-0.15, -0.1) is 0 Å². The van der Waals surface area contributed by atoms with E-state index in [1.165, 1.54) is 0 Å². The van der Waals surface area contributed by atoms with E-state index in [1.54, 1.807) is 57.5 Å². The van der Waals surface area contributed by atoms with Gasteiger partial charge in [-0.25, -0.2) is 19.4 Å². The number of ether oxygens (including phenoxy) is 5. The van der Waals surface area contributed by atoms with Crippen LogP contribution in [0.25, 0.3) is 28.0 Å². The van der Waals surface area contributed by atoms with Gasteiger partial charge in [0.25, 0.3) is 0 Å². The monoisotopic (exact) mass is 1050 g/mol. The molecule has 410 valence electrons. The fourth-order valence-corrected chi connectivity index (χ4v) is 10.6. The summed E-state index contributed by atoms with van der Waals surface area (Å²) in [6.07, 6.45) is 3.54. The van der Waals surface area contributed by atoms with Gasteiger partial charge in [0, 0.05) is 43.4 Å². The van der Waals surface area contributed by atoms with Crippen LogP contribution in [-0.2, 0) is 36.9 Å². The van der Waals surface area contributed by atoms with E-state index in [1.807, 2.05) is 76.9 Å². The number of aliphatic imine (C=N–C) groups is 1. The summed E-state index contributed by atoms with van der Waals surface area (Å²) >= 11 is 0. The van der Waals surface area contributed by atoms with E-state index in [-0.39, 0.29) is 31.2 Å². The van der Waals surface area contributed by atoms with Crippen LogP contribution in [0.1, 0.15) is 137 Å². The molecule has 18 nitrogen and oxygen atoms in total. The topological polar surface area (TPSA) is 206 Å². The molecule has 0 spiro atoms. The van der Waals surface area contributed by atoms with Crippen molar-refractivity contribution in [3.05, 3.63) is 95.6 Å². The quantitative estimate of drug-likeness (QED) is 0.127. The van der Waals surface area contributed by atoms with Gasteiger partial charge in [0.1, 0.15) is 35.2 Å². The normalized spacial score (nSPS) is 20.1. The van der Waals surface area contributed by atoms with Crippen LogP contribution in [0.15, 0.2) is 78.1 Å². The largest absolute Gasteiger partial charge is 0.454 e. The molecule has 2 fully saturated rings. The molecule has 3 aromatic carbocycles. The Balaban J connectivity index is 0.858. The number of benzene rings is 3. The summed E-state index contributed by atoms with van der Waals surface area (Å²) in [6, 6.07) is 17.8. The number of amides is 5. The van der Waals surface area contributed by atoms with Gasteiger partial charge in [0.15, 0.2) is 11.5 Å². The van der Waals surface area contributed by atoms with Crippen molar-refractivity contribution < 1.29 is 47.7 Å². The fraction of sp³-hybridized carbons (Fsp3) is 0.508. The molecule has 5 aliphatic heterocycles. The second-order valence-corrected chi connectivity index (χ2v) is 24.9. The Kier molecular flexibility index (Phi) is 14.8. The number of hydrogen-bond donors (Lipinski definition) is 3. The first-order valence-corrected chi connectivity index (χ1v) is 26.7. The SMILES string of the molecule is CC(C)(C)OC(=O)N[C@H](C(=O)N1C[C@H](OC(=O)N2Cc3ccc4c(c3C2)OCO4)CC1C1=NC=C(c2ccc(-c3ccc(-c4cnc([C@@H]5CCCN5C(=O)[C@@H](NC(=O)OC(C)(C)C)C(C)(C)C)[nH]4)cc3)cc2)C1)C(C)(C)C. The van der Waals surface area contributed by atoms with Crippen molar-refractivity contribution in [3.63, 3.8) is 0 Å². The number of fused-ring (bicyclic) bond motifs is 3. The summed E-state index contributed by atoms with van der Waals surface area (Å²) in [5, 5.41) is 5.70. The molecule has 4 aromatic rings. The number of allylic oxidation sites excluding steroid dienone is 1. The van der Waals surface area contributed by atoms with Crippen LogP contribution in [0.5, 0.6) is 11.5 Å². The molecule has 6 heterocycles. The molecular weight excluding hydrogens is 981 g/mol. The Morgan fingerprint density at radius 3 is 1.88 bits per heavy atom. The lowest BCUT2D eigenvalue weighted by molar-refractivity contribution is -0.137. The maximum absolute atomic E-state index is 14.8. The van der Waals surface area contributed by atoms with Gasteiger partial charge >= 0.3 is 18.3 Å². The van der Waals surface area contributed by atoms with E-state index in [0.29, 0.717) is 49.8 Å². The number of nitrogens with one attached hydrogen (secondary N) is 3. The van der Waals surface area contributed by atoms with Gasteiger partial charge in [-0.3, -0.25) is 19.5 Å². The fourth-order valence-electron chi connectivity index (χ4n) is 10.6. The number of likely N-dealkylation sites (tertiary alicyclic amines) is 2. The number of carbonyl (C=O) groups excluding carboxylic acids is 5. The third-order valence-corrected chi connectivity index (χ3v) is 14.4. The van der Waals surface area contributed by atoms with Crippen LogP contribution in [-0.4, -0.2) is 116 Å². The zero-order valence-electron chi connectivity index (χ0n) is 46.5. The number of imidazole rings is 1. The third-order valence-electron chi connectivity index (χ3n) is 14.4. The third kappa shape index (κ3) is 12.3. The Bertz CT molecular complexity index is 2970. The Labute approximate surface area is 451 Å². The molecular formula is C59H74N8O10. The van der Waals surface area contributed by atoms with Crippen LogP contribution in [0.4, 0.5) is 14.4 Å². The van der Waals surface area contributed by atoms with E-state index < -0.39 is 64.5 Å². The first-order chi connectivity index (χ1) is 36.2. The minimum Gasteiger partial charge on any atom is -0.454 e. The molecule has 0 saturated carbocycles. The molecule has 0 radical (unpaired) electrons. The first kappa shape index (κ1) is 54.4. The van der Waals surface area contributed by atoms with Crippen molar-refractivity contribution in [1.29, 1.82) is 0 Å². The summed E-state index contributed by atoms with van der Waals surface area (Å²) in [5.41, 5.74) is 5.67. The standard InChI is InChI=1S/C59H74N8O10/c1-56(2,3)48(63-53(70)76-58(7,8)9)51(68)66-25-13-14-44(66)50-61-29-43(62-50)37-21-19-35(20-22-37)34-15-17-36(18-16-34)39-26-42(60-28-39)45-27-40(31-67(45)52(69)49(57(4,5)6)64-54(71)77-59(10,11)12)75-55(72)65-30-38-23-24-46-47(41(38)32-65)74-33-73-46/h15-24,28-29,40,44-45,48-49H,13-14,25-27,30-33H2,1-12H3,(H,61,62)(H,63,70)(H,64,71)/t40-,44+,45?,48-,49-/m1/s1. The number of aromatic nitrogens is 2. The summed E-state index contributed by atoms with van der Waals surface area (Å²) in [5.74, 6) is 1.52. The highest BCUT2D eigenvalue weighted by atomic mass is 16.7. The van der Waals surface area contributed by atoms with Crippen molar-refractivity contribution in [3.8, 4) is 33.9 Å². The molecule has 0 aliphatic carbocycles. The Morgan fingerprint density at radius 1 is 0.701 bits per heavy atom. The molecule has 1 unspecified atom stereocenters. The van der Waals surface area contributed by atoms with Gasteiger partial charge in [-0.2, -0.15) is 0 Å². The lowest BCUT2D eigenvalue weighted by atomic mass is 9.85. The molecule has 3 N–H and O–H groups in total. The molecule has 5 aliphatic rings. The molecule has 5 atom stereocenters. The first-order valence-electron chi connectivity index (χ1n) is 26.7. The Morgan fingerprint density at radius 2 is 1.29 bits per heavy atom. The maximum Gasteiger partial charge on any atom is 0.410 e. The van der Waals surface area contributed by atoms with Crippen molar-refractivity contribution in [2.75, 3.05) is 19.9 Å². The zero-order chi connectivity index (χ0) is 55.4. The number of hydrogen-bond acceptors (Lipinski definition) is 12. The average Bonchev–Trinajstić information content (AvgIpc) is 4.26. The molecule has 0 bridgehead atoms. The molecule has 77 heavy (non-hydrogen) atoms. The van der Waals surface area contributed by atoms with E-state index >= 15 is 0 Å². The summed E-state index contributed by atoms with van der Waals surface area (Å²) < 4.78 is 28.6. The van der Waals surface area contributed by atoms with Crippen molar-refractivity contribution >= 4 is 41.4 Å². The highest BCUT2D eigenvalue weighted by Gasteiger charge is 2.47. The second-order valence-electron chi connectivity index (χ2n) is 24.9. The maximum atomic E-state index is 14.8. The predicted octanol–water partition coefficient (Wildman–Crippen LogP) is 10.3. The summed E-state index contributed by atoms with van der Waals surface area (Å²) in [6.45, 7) is 23.6. The van der Waals surface area contributed by atoms with Crippen LogP contribution >= 0.6 is 0 Å². The van der Waals surface area contributed by atoms with Crippen molar-refractivity contribution in [2.24, 2.45) is 15.8 Å². The van der Waals surface area contributed by atoms with Crippen LogP contribution in [0.3, 0.4) is 0 Å². The minimum atomic E-state index is -0.955. The summed E-state index contributed by atoms with van der Waals surface area (Å²) in [4.78, 5) is 87.1. The van der Waals surface area contributed by atoms with Gasteiger partial charge < -0.3 is 49.1 Å². The highest BCUT2D eigenvalue weighted by molar-refractivity contribution is 6.04. The predicted molar refractivity (Wildman–Crippen MR) is 291 cm³/mol. The zero-order valence-corrected chi connectivity index (χ0v) is 46.5.